The van der Waals surface area contributed by atoms with Gasteiger partial charge in [0.05, 0.1) is 11.9 Å². The maximum absolute atomic E-state index is 4.31. The highest BCUT2D eigenvalue weighted by Crippen LogP contribution is 2.32. The Morgan fingerprint density at radius 2 is 1.85 bits per heavy atom. The van der Waals surface area contributed by atoms with Gasteiger partial charge in [-0.15, -0.1) is 0 Å². The third-order valence-corrected chi connectivity index (χ3v) is 6.44. The minimum absolute atomic E-state index is 0.353. The number of nitrogens with zero attached hydrogens (tertiary/aromatic N) is 5. The highest BCUT2D eigenvalue weighted by molar-refractivity contribution is 5.35. The van der Waals surface area contributed by atoms with E-state index in [0.29, 0.717) is 5.54 Å². The largest absolute Gasteiger partial charge is 0.315 e. The van der Waals surface area contributed by atoms with Crippen LogP contribution in [0.1, 0.15) is 24.2 Å². The molecular formula is C21H31N5. The summed E-state index contributed by atoms with van der Waals surface area (Å²) < 4.78 is 2.35. The lowest BCUT2D eigenvalue weighted by Crippen LogP contribution is -2.63. The summed E-state index contributed by atoms with van der Waals surface area (Å²) in [4.78, 5) is 12.1. The summed E-state index contributed by atoms with van der Waals surface area (Å²) in [7, 11) is 4.57. The van der Waals surface area contributed by atoms with Crippen LogP contribution < -0.4 is 0 Å². The summed E-state index contributed by atoms with van der Waals surface area (Å²) in [6.45, 7) is 9.09. The average Bonchev–Trinajstić information content (AvgIpc) is 3.02. The predicted octanol–water partition coefficient (Wildman–Crippen LogP) is 2.39. The van der Waals surface area contributed by atoms with Crippen molar-refractivity contribution in [2.45, 2.75) is 31.8 Å². The van der Waals surface area contributed by atoms with Crippen LogP contribution in [0.2, 0.25) is 0 Å². The summed E-state index contributed by atoms with van der Waals surface area (Å²) in [6.07, 6.45) is 6.35. The number of pyridine rings is 1. The summed E-state index contributed by atoms with van der Waals surface area (Å²) in [5, 5.41) is 0. The van der Waals surface area contributed by atoms with Gasteiger partial charge in [-0.25, -0.2) is 0 Å². The molecule has 2 aliphatic heterocycles. The first-order valence-corrected chi connectivity index (χ1v) is 9.77. The van der Waals surface area contributed by atoms with E-state index in [9.17, 15) is 0 Å². The van der Waals surface area contributed by atoms with Gasteiger partial charge in [0.1, 0.15) is 0 Å². The Hall–Kier alpha value is -1.69. The molecule has 0 unspecified atom stereocenters. The van der Waals surface area contributed by atoms with Crippen molar-refractivity contribution in [3.8, 4) is 5.69 Å². The smallest absolute Gasteiger partial charge is 0.0639 e. The topological polar surface area (TPSA) is 27.5 Å². The zero-order chi connectivity index (χ0) is 18.1. The van der Waals surface area contributed by atoms with Crippen molar-refractivity contribution in [1.29, 1.82) is 0 Å². The second kappa shape index (κ2) is 7.14. The van der Waals surface area contributed by atoms with Crippen LogP contribution in [0.25, 0.3) is 5.69 Å². The molecular weight excluding hydrogens is 322 g/mol. The molecule has 26 heavy (non-hydrogen) atoms. The lowest BCUT2D eigenvalue weighted by Gasteiger charge is -2.52. The second-order valence-corrected chi connectivity index (χ2v) is 8.17. The zero-order valence-electron chi connectivity index (χ0n) is 16.4. The summed E-state index contributed by atoms with van der Waals surface area (Å²) in [6, 6.07) is 8.67. The van der Waals surface area contributed by atoms with Crippen LogP contribution in [-0.4, -0.2) is 76.6 Å². The molecule has 0 aromatic carbocycles. The summed E-state index contributed by atoms with van der Waals surface area (Å²) >= 11 is 0. The molecule has 5 heteroatoms. The van der Waals surface area contributed by atoms with Crippen LogP contribution in [0.3, 0.4) is 0 Å². The van der Waals surface area contributed by atoms with E-state index in [1.54, 1.807) is 0 Å². The Morgan fingerprint density at radius 3 is 2.58 bits per heavy atom. The minimum atomic E-state index is 0.353. The maximum atomic E-state index is 4.31. The van der Waals surface area contributed by atoms with Gasteiger partial charge in [-0.2, -0.15) is 0 Å². The molecule has 0 bridgehead atoms. The van der Waals surface area contributed by atoms with Crippen LogP contribution in [0.4, 0.5) is 0 Å². The zero-order valence-corrected chi connectivity index (χ0v) is 16.4. The maximum Gasteiger partial charge on any atom is 0.0639 e. The van der Waals surface area contributed by atoms with E-state index in [0.717, 1.165) is 25.3 Å². The Kier molecular flexibility index (Phi) is 4.86. The van der Waals surface area contributed by atoms with Gasteiger partial charge in [0, 0.05) is 49.3 Å². The fourth-order valence-corrected chi connectivity index (χ4v) is 4.65. The summed E-state index contributed by atoms with van der Waals surface area (Å²) in [5.41, 5.74) is 4.15. The number of hydrogen-bond acceptors (Lipinski definition) is 4. The van der Waals surface area contributed by atoms with E-state index < -0.39 is 0 Å². The van der Waals surface area contributed by atoms with Crippen molar-refractivity contribution in [2.24, 2.45) is 0 Å². The molecule has 4 rings (SSSR count). The number of aromatic nitrogens is 2. The molecule has 4 heterocycles. The molecule has 0 atom stereocenters. The Bertz CT molecular complexity index is 730. The molecule has 140 valence electrons. The molecule has 0 amide bonds. The van der Waals surface area contributed by atoms with E-state index in [1.807, 2.05) is 18.5 Å². The number of hydrogen-bond donors (Lipinski definition) is 0. The molecule has 2 aromatic rings. The highest BCUT2D eigenvalue weighted by Gasteiger charge is 2.41. The van der Waals surface area contributed by atoms with Crippen molar-refractivity contribution in [3.05, 3.63) is 48.0 Å². The van der Waals surface area contributed by atoms with E-state index in [2.05, 4.69) is 63.5 Å². The van der Waals surface area contributed by atoms with Crippen LogP contribution >= 0.6 is 0 Å². The molecule has 0 radical (unpaired) electrons. The molecule has 0 N–H and O–H groups in total. The van der Waals surface area contributed by atoms with Gasteiger partial charge in [-0.05, 0) is 71.2 Å². The van der Waals surface area contributed by atoms with Crippen molar-refractivity contribution in [1.82, 2.24) is 24.3 Å². The van der Waals surface area contributed by atoms with E-state index in [1.165, 1.54) is 43.9 Å². The van der Waals surface area contributed by atoms with Gasteiger partial charge in [0.25, 0.3) is 0 Å². The van der Waals surface area contributed by atoms with Crippen molar-refractivity contribution < 1.29 is 0 Å². The number of aryl methyl sites for hydroxylation is 1. The number of likely N-dealkylation sites (N-methyl/N-ethyl adjacent to an activating group) is 1. The van der Waals surface area contributed by atoms with Gasteiger partial charge in [-0.3, -0.25) is 14.8 Å². The monoisotopic (exact) mass is 353 g/mol. The lowest BCUT2D eigenvalue weighted by molar-refractivity contribution is -0.0262. The van der Waals surface area contributed by atoms with Crippen molar-refractivity contribution >= 4 is 0 Å². The Balaban J connectivity index is 1.53. The predicted molar refractivity (Wildman–Crippen MR) is 106 cm³/mol. The minimum Gasteiger partial charge on any atom is -0.315 e. The third-order valence-electron chi connectivity index (χ3n) is 6.44. The number of likely N-dealkylation sites (tertiary alicyclic amines) is 1. The first-order valence-electron chi connectivity index (χ1n) is 9.77. The molecule has 2 fully saturated rings. The second-order valence-electron chi connectivity index (χ2n) is 8.17. The molecule has 5 nitrogen and oxygen atoms in total. The third kappa shape index (κ3) is 3.31. The number of rotatable bonds is 3. The Morgan fingerprint density at radius 1 is 1.04 bits per heavy atom. The van der Waals surface area contributed by atoms with Crippen molar-refractivity contribution in [3.63, 3.8) is 0 Å². The molecule has 0 aliphatic carbocycles. The van der Waals surface area contributed by atoms with Gasteiger partial charge in [0.15, 0.2) is 0 Å². The van der Waals surface area contributed by atoms with E-state index in [4.69, 9.17) is 0 Å². The van der Waals surface area contributed by atoms with E-state index >= 15 is 0 Å². The van der Waals surface area contributed by atoms with Gasteiger partial charge in [-0.1, -0.05) is 0 Å². The van der Waals surface area contributed by atoms with Crippen LogP contribution in [0, 0.1) is 6.92 Å². The first-order chi connectivity index (χ1) is 12.6. The van der Waals surface area contributed by atoms with E-state index in [-0.39, 0.29) is 0 Å². The number of piperidine rings is 1. The number of piperazine rings is 1. The van der Waals surface area contributed by atoms with Gasteiger partial charge < -0.3 is 9.47 Å². The Labute approximate surface area is 157 Å². The average molecular weight is 354 g/mol. The normalized spacial score (nSPS) is 22.1. The fraction of sp³-hybridized carbons (Fsp3) is 0.571. The SMILES string of the molecule is Cc1ccc(CN2CCN(C)C3(CCN(C)CC3)C2)n1-c1cccnc1. The lowest BCUT2D eigenvalue weighted by atomic mass is 9.84. The quantitative estimate of drug-likeness (QED) is 0.847. The summed E-state index contributed by atoms with van der Waals surface area (Å²) in [5.74, 6) is 0. The van der Waals surface area contributed by atoms with Crippen LogP contribution in [-0.2, 0) is 6.54 Å². The fourth-order valence-electron chi connectivity index (χ4n) is 4.65. The molecule has 0 saturated carbocycles. The van der Waals surface area contributed by atoms with Gasteiger partial charge >= 0.3 is 0 Å². The molecule has 2 aliphatic rings. The molecule has 2 saturated heterocycles. The van der Waals surface area contributed by atoms with Crippen LogP contribution in [0.5, 0.6) is 0 Å². The first kappa shape index (κ1) is 17.7. The highest BCUT2D eigenvalue weighted by atomic mass is 15.3. The van der Waals surface area contributed by atoms with Crippen LogP contribution in [0.15, 0.2) is 36.7 Å². The molecule has 2 aromatic heterocycles. The standard InChI is InChI=1S/C21H31N5/c1-18-6-7-20(26(18)19-5-4-10-22-15-19)16-25-14-13-24(3)21(17-25)8-11-23(2)12-9-21/h4-7,10,15H,8-9,11-14,16-17H2,1-3H3. The van der Waals surface area contributed by atoms with Gasteiger partial charge in [0.2, 0.25) is 0 Å². The molecule has 1 spiro atoms. The van der Waals surface area contributed by atoms with Crippen molar-refractivity contribution in [2.75, 3.05) is 46.8 Å².